The lowest BCUT2D eigenvalue weighted by Crippen LogP contribution is -2.43. The molecule has 0 saturated heterocycles. The number of hydrogen-bond acceptors (Lipinski definition) is 3. The van der Waals surface area contributed by atoms with Crippen molar-refractivity contribution in [2.24, 2.45) is 0 Å². The highest BCUT2D eigenvalue weighted by Crippen LogP contribution is 2.12. The monoisotopic (exact) mass is 187 g/mol. The Kier molecular flexibility index (Phi) is 3.95. The van der Waals surface area contributed by atoms with E-state index in [2.05, 4.69) is 0 Å². The first-order valence-corrected chi connectivity index (χ1v) is 3.37. The van der Waals surface area contributed by atoms with Crippen LogP contribution in [0.25, 0.3) is 0 Å². The quantitative estimate of drug-likeness (QED) is 0.575. The highest BCUT2D eigenvalue weighted by Gasteiger charge is 2.28. The third-order valence-electron chi connectivity index (χ3n) is 1.17. The van der Waals surface area contributed by atoms with E-state index in [0.717, 1.165) is 0 Å². The van der Waals surface area contributed by atoms with Crippen LogP contribution < -0.4 is 5.32 Å². The van der Waals surface area contributed by atoms with Gasteiger partial charge in [-0.3, -0.25) is 0 Å². The Hall–Kier alpha value is -0.330. The highest BCUT2D eigenvalue weighted by molar-refractivity contribution is 4.74. The van der Waals surface area contributed by atoms with Crippen LogP contribution in [0.4, 0.5) is 13.2 Å². The van der Waals surface area contributed by atoms with Gasteiger partial charge >= 0.3 is 6.18 Å². The second-order valence-corrected chi connectivity index (χ2v) is 2.87. The first-order valence-electron chi connectivity index (χ1n) is 3.37. The normalized spacial score (nSPS) is 17.5. The van der Waals surface area contributed by atoms with Crippen LogP contribution in [0.5, 0.6) is 0 Å². The number of hydrogen-bond donors (Lipinski definition) is 3. The number of aliphatic hydroxyl groups is 2. The maximum atomic E-state index is 11.5. The van der Waals surface area contributed by atoms with Crippen LogP contribution in [0.3, 0.4) is 0 Å². The Labute approximate surface area is 68.2 Å². The molecule has 3 N–H and O–H groups in total. The Morgan fingerprint density at radius 2 is 1.75 bits per heavy atom. The molecule has 6 heteroatoms. The van der Waals surface area contributed by atoms with Crippen LogP contribution >= 0.6 is 0 Å². The van der Waals surface area contributed by atoms with Crippen molar-refractivity contribution in [3.63, 3.8) is 0 Å². The number of rotatable bonds is 4. The molecule has 0 fully saturated rings. The molecule has 0 aromatic rings. The first-order chi connectivity index (χ1) is 5.27. The fraction of sp³-hybridized carbons (Fsp3) is 1.00. The van der Waals surface area contributed by atoms with Gasteiger partial charge in [0.1, 0.15) is 0 Å². The van der Waals surface area contributed by atoms with E-state index in [1.54, 1.807) is 0 Å². The van der Waals surface area contributed by atoms with Gasteiger partial charge in [-0.1, -0.05) is 0 Å². The zero-order chi connectivity index (χ0) is 9.83. The van der Waals surface area contributed by atoms with Crippen molar-refractivity contribution in [1.29, 1.82) is 0 Å². The topological polar surface area (TPSA) is 52.5 Å². The molecule has 0 aliphatic rings. The predicted molar refractivity (Wildman–Crippen MR) is 36.6 cm³/mol. The largest absolute Gasteiger partial charge is 0.401 e. The van der Waals surface area contributed by atoms with E-state index in [0.29, 0.717) is 0 Å². The van der Waals surface area contributed by atoms with Crippen molar-refractivity contribution >= 4 is 0 Å². The van der Waals surface area contributed by atoms with Gasteiger partial charge in [0.05, 0.1) is 18.8 Å². The molecule has 0 heterocycles. The molecule has 0 aliphatic carbocycles. The molecule has 0 spiro atoms. The van der Waals surface area contributed by atoms with E-state index in [1.807, 2.05) is 5.32 Å². The lowest BCUT2D eigenvalue weighted by Gasteiger charge is -2.21. The fourth-order valence-corrected chi connectivity index (χ4v) is 0.529. The molecule has 1 atom stereocenters. The predicted octanol–water partition coefficient (Wildman–Crippen LogP) is -0.118. The molecule has 74 valence electrons. The summed E-state index contributed by atoms with van der Waals surface area (Å²) in [6.07, 6.45) is -4.29. The summed E-state index contributed by atoms with van der Waals surface area (Å²) in [5.74, 6) is 0. The summed E-state index contributed by atoms with van der Waals surface area (Å²) in [7, 11) is 0. The molecule has 0 rings (SSSR count). The summed E-state index contributed by atoms with van der Waals surface area (Å²) in [4.78, 5) is 0. The van der Waals surface area contributed by atoms with Gasteiger partial charge in [0.25, 0.3) is 0 Å². The van der Waals surface area contributed by atoms with Crippen LogP contribution in [-0.4, -0.2) is 41.7 Å². The molecule has 12 heavy (non-hydrogen) atoms. The van der Waals surface area contributed by atoms with Gasteiger partial charge in [0.2, 0.25) is 0 Å². The van der Waals surface area contributed by atoms with Gasteiger partial charge < -0.3 is 15.5 Å². The molecule has 0 bridgehead atoms. The molecule has 0 aromatic carbocycles. The minimum Gasteiger partial charge on any atom is -0.393 e. The van der Waals surface area contributed by atoms with Crippen LogP contribution in [0.2, 0.25) is 0 Å². The average Bonchev–Trinajstić information content (AvgIpc) is 1.84. The van der Waals surface area contributed by atoms with Crippen molar-refractivity contribution < 1.29 is 23.4 Å². The Balaban J connectivity index is 3.57. The number of halogens is 3. The van der Waals surface area contributed by atoms with Crippen molar-refractivity contribution in [2.75, 3.05) is 19.7 Å². The van der Waals surface area contributed by atoms with E-state index < -0.39 is 24.9 Å². The van der Waals surface area contributed by atoms with Crippen molar-refractivity contribution in [1.82, 2.24) is 5.32 Å². The van der Waals surface area contributed by atoms with Gasteiger partial charge in [-0.05, 0) is 6.92 Å². The first kappa shape index (κ1) is 11.7. The van der Waals surface area contributed by atoms with E-state index in [-0.39, 0.29) is 6.54 Å². The van der Waals surface area contributed by atoms with Gasteiger partial charge in [-0.2, -0.15) is 13.2 Å². The Morgan fingerprint density at radius 3 is 2.08 bits per heavy atom. The van der Waals surface area contributed by atoms with E-state index >= 15 is 0 Å². The third-order valence-corrected chi connectivity index (χ3v) is 1.17. The molecular weight excluding hydrogens is 175 g/mol. The highest BCUT2D eigenvalue weighted by atomic mass is 19.4. The standard InChI is InChI=1S/C6H12F3NO2/c1-5(12,4-11)2-10-3-6(7,8)9/h10-12H,2-4H2,1H3. The summed E-state index contributed by atoms with van der Waals surface area (Å²) in [5.41, 5.74) is -1.49. The zero-order valence-electron chi connectivity index (χ0n) is 6.65. The van der Waals surface area contributed by atoms with Crippen molar-refractivity contribution in [3.8, 4) is 0 Å². The minimum atomic E-state index is -4.29. The maximum Gasteiger partial charge on any atom is 0.401 e. The Morgan fingerprint density at radius 1 is 1.25 bits per heavy atom. The SMILES string of the molecule is CC(O)(CO)CNCC(F)(F)F. The zero-order valence-corrected chi connectivity index (χ0v) is 6.65. The molecule has 0 amide bonds. The molecule has 0 radical (unpaired) electrons. The van der Waals surface area contributed by atoms with Gasteiger partial charge in [0.15, 0.2) is 0 Å². The van der Waals surface area contributed by atoms with Crippen LogP contribution in [0.15, 0.2) is 0 Å². The number of aliphatic hydroxyl groups excluding tert-OH is 1. The summed E-state index contributed by atoms with van der Waals surface area (Å²) >= 11 is 0. The average molecular weight is 187 g/mol. The van der Waals surface area contributed by atoms with E-state index in [4.69, 9.17) is 10.2 Å². The van der Waals surface area contributed by atoms with Gasteiger partial charge in [0, 0.05) is 6.54 Å². The Bertz CT molecular complexity index is 135. The van der Waals surface area contributed by atoms with Crippen LogP contribution in [-0.2, 0) is 0 Å². The summed E-state index contributed by atoms with van der Waals surface area (Å²) in [6, 6.07) is 0. The van der Waals surface area contributed by atoms with Gasteiger partial charge in [-0.15, -0.1) is 0 Å². The fourth-order valence-electron chi connectivity index (χ4n) is 0.529. The van der Waals surface area contributed by atoms with Crippen LogP contribution in [0.1, 0.15) is 6.92 Å². The smallest absolute Gasteiger partial charge is 0.393 e. The van der Waals surface area contributed by atoms with E-state index in [9.17, 15) is 13.2 Å². The molecule has 1 unspecified atom stereocenters. The number of nitrogens with one attached hydrogen (secondary N) is 1. The molecular formula is C6H12F3NO2. The minimum absolute atomic E-state index is 0.289. The van der Waals surface area contributed by atoms with E-state index in [1.165, 1.54) is 6.92 Å². The molecule has 0 aliphatic heterocycles. The molecule has 3 nitrogen and oxygen atoms in total. The number of alkyl halides is 3. The van der Waals surface area contributed by atoms with Crippen molar-refractivity contribution in [2.45, 2.75) is 18.7 Å². The van der Waals surface area contributed by atoms with Gasteiger partial charge in [-0.25, -0.2) is 0 Å². The summed E-state index contributed by atoms with van der Waals surface area (Å²) in [6.45, 7) is -0.777. The summed E-state index contributed by atoms with van der Waals surface area (Å²) in [5, 5.41) is 19.5. The second kappa shape index (κ2) is 4.06. The molecule has 0 aromatic heterocycles. The third kappa shape index (κ3) is 6.38. The van der Waals surface area contributed by atoms with Crippen molar-refractivity contribution in [3.05, 3.63) is 0 Å². The molecule has 0 saturated carbocycles. The maximum absolute atomic E-state index is 11.5. The van der Waals surface area contributed by atoms with Crippen LogP contribution in [0, 0.1) is 0 Å². The lowest BCUT2D eigenvalue weighted by atomic mass is 10.1. The lowest BCUT2D eigenvalue weighted by molar-refractivity contribution is -0.127. The second-order valence-electron chi connectivity index (χ2n) is 2.87. The summed E-state index contributed by atoms with van der Waals surface area (Å²) < 4.78 is 34.6.